The summed E-state index contributed by atoms with van der Waals surface area (Å²) in [7, 11) is 0. The number of nitrogens with zero attached hydrogens (tertiary/aromatic N) is 1. The zero-order valence-corrected chi connectivity index (χ0v) is 8.00. The minimum absolute atomic E-state index is 0.343. The Kier molecular flexibility index (Phi) is 2.30. The summed E-state index contributed by atoms with van der Waals surface area (Å²) >= 11 is 0. The van der Waals surface area contributed by atoms with Crippen molar-refractivity contribution in [2.75, 3.05) is 0 Å². The van der Waals surface area contributed by atoms with Crippen LogP contribution >= 0.6 is 0 Å². The van der Waals surface area contributed by atoms with Gasteiger partial charge in [-0.2, -0.15) is 0 Å². The van der Waals surface area contributed by atoms with Crippen molar-refractivity contribution in [3.63, 3.8) is 0 Å². The van der Waals surface area contributed by atoms with Crippen LogP contribution in [0, 0.1) is 0 Å². The van der Waals surface area contributed by atoms with Crippen LogP contribution in [-0.2, 0) is 4.79 Å². The molecule has 0 aromatic carbocycles. The van der Waals surface area contributed by atoms with Gasteiger partial charge in [0.05, 0.1) is 0 Å². The number of hydrogen-bond acceptors (Lipinski definition) is 3. The number of aliphatic hydroxyl groups excluding tert-OH is 1. The lowest BCUT2D eigenvalue weighted by molar-refractivity contribution is -0.137. The van der Waals surface area contributed by atoms with E-state index in [0.29, 0.717) is 6.42 Å². The van der Waals surface area contributed by atoms with E-state index in [4.69, 9.17) is 0 Å². The molecule has 0 spiro atoms. The number of carbonyl (C=O) groups excluding carboxylic acids is 2. The Labute approximate surface area is 76.7 Å². The van der Waals surface area contributed by atoms with Crippen LogP contribution in [0.2, 0.25) is 0 Å². The van der Waals surface area contributed by atoms with Crippen molar-refractivity contribution in [3.8, 4) is 0 Å². The van der Waals surface area contributed by atoms with Crippen molar-refractivity contribution in [1.82, 2.24) is 10.2 Å². The van der Waals surface area contributed by atoms with Gasteiger partial charge in [0.15, 0.2) is 0 Å². The molecule has 5 nitrogen and oxygen atoms in total. The maximum Gasteiger partial charge on any atom is 0.327 e. The Morgan fingerprint density at radius 2 is 2.08 bits per heavy atom. The molecule has 1 atom stereocenters. The Hall–Kier alpha value is -1.10. The summed E-state index contributed by atoms with van der Waals surface area (Å²) < 4.78 is 0. The van der Waals surface area contributed by atoms with Crippen molar-refractivity contribution in [3.05, 3.63) is 0 Å². The van der Waals surface area contributed by atoms with Gasteiger partial charge < -0.3 is 10.4 Å². The van der Waals surface area contributed by atoms with Gasteiger partial charge in [0.25, 0.3) is 5.91 Å². The van der Waals surface area contributed by atoms with Crippen molar-refractivity contribution >= 4 is 11.9 Å². The van der Waals surface area contributed by atoms with Crippen molar-refractivity contribution in [2.24, 2.45) is 0 Å². The van der Waals surface area contributed by atoms with Gasteiger partial charge in [-0.25, -0.2) is 9.69 Å². The fraction of sp³-hybridized carbons (Fsp3) is 0.750. The second-order valence-corrected chi connectivity index (χ2v) is 3.62. The molecule has 1 aliphatic heterocycles. The molecule has 1 fully saturated rings. The van der Waals surface area contributed by atoms with Crippen molar-refractivity contribution in [2.45, 2.75) is 39.0 Å². The number of rotatable bonds is 2. The topological polar surface area (TPSA) is 69.6 Å². The standard InChI is InChI=1S/C8H14N2O3/c1-4-5(11)10-6(12)8(2,3)9-7(10)13/h5,11H,4H2,1-3H3,(H,9,13). The molecule has 5 heteroatoms. The number of imide groups is 1. The third-order valence-corrected chi connectivity index (χ3v) is 2.05. The second-order valence-electron chi connectivity index (χ2n) is 3.62. The normalized spacial score (nSPS) is 23.2. The van der Waals surface area contributed by atoms with E-state index in [-0.39, 0.29) is 5.91 Å². The van der Waals surface area contributed by atoms with Crippen LogP contribution in [0.3, 0.4) is 0 Å². The number of amides is 3. The fourth-order valence-corrected chi connectivity index (χ4v) is 1.23. The molecule has 1 saturated heterocycles. The van der Waals surface area contributed by atoms with Gasteiger partial charge in [-0.05, 0) is 20.3 Å². The first-order valence-corrected chi connectivity index (χ1v) is 4.24. The molecule has 0 saturated carbocycles. The van der Waals surface area contributed by atoms with Gasteiger partial charge in [0.2, 0.25) is 0 Å². The van der Waals surface area contributed by atoms with E-state index in [9.17, 15) is 14.7 Å². The van der Waals surface area contributed by atoms with Crippen LogP contribution < -0.4 is 5.32 Å². The molecule has 0 aliphatic carbocycles. The van der Waals surface area contributed by atoms with Crippen LogP contribution in [0.4, 0.5) is 4.79 Å². The largest absolute Gasteiger partial charge is 0.373 e. The van der Waals surface area contributed by atoms with Gasteiger partial charge in [-0.3, -0.25) is 4.79 Å². The van der Waals surface area contributed by atoms with Gasteiger partial charge >= 0.3 is 6.03 Å². The van der Waals surface area contributed by atoms with Crippen LogP contribution in [0.15, 0.2) is 0 Å². The molecule has 0 aromatic heterocycles. The highest BCUT2D eigenvalue weighted by Gasteiger charge is 2.46. The van der Waals surface area contributed by atoms with Crippen molar-refractivity contribution in [1.29, 1.82) is 0 Å². The molecular weight excluding hydrogens is 172 g/mol. The molecule has 1 unspecified atom stereocenters. The lowest BCUT2D eigenvalue weighted by atomic mass is 10.1. The summed E-state index contributed by atoms with van der Waals surface area (Å²) in [4.78, 5) is 23.6. The lowest BCUT2D eigenvalue weighted by Gasteiger charge is -2.19. The quantitative estimate of drug-likeness (QED) is 0.598. The Morgan fingerprint density at radius 3 is 2.38 bits per heavy atom. The number of carbonyl (C=O) groups is 2. The smallest absolute Gasteiger partial charge is 0.327 e. The highest BCUT2D eigenvalue weighted by Crippen LogP contribution is 2.19. The van der Waals surface area contributed by atoms with E-state index in [0.717, 1.165) is 4.90 Å². The second kappa shape index (κ2) is 2.99. The summed E-state index contributed by atoms with van der Waals surface area (Å²) in [6.07, 6.45) is -0.677. The predicted octanol–water partition coefficient (Wildman–Crippen LogP) is 0.0452. The molecule has 0 bridgehead atoms. The minimum atomic E-state index is -1.02. The zero-order valence-electron chi connectivity index (χ0n) is 8.00. The zero-order chi connectivity index (χ0) is 10.2. The highest BCUT2D eigenvalue weighted by atomic mass is 16.3. The van der Waals surface area contributed by atoms with Gasteiger partial charge in [-0.1, -0.05) is 6.92 Å². The van der Waals surface area contributed by atoms with E-state index in [1.54, 1.807) is 20.8 Å². The van der Waals surface area contributed by atoms with E-state index < -0.39 is 17.8 Å². The van der Waals surface area contributed by atoms with Crippen molar-refractivity contribution < 1.29 is 14.7 Å². The SMILES string of the molecule is CCC(O)N1C(=O)NC(C)(C)C1=O. The summed E-state index contributed by atoms with van der Waals surface area (Å²) in [5, 5.41) is 11.9. The maximum absolute atomic E-state index is 11.5. The Bertz CT molecular complexity index is 250. The molecule has 1 heterocycles. The number of hydrogen-bond donors (Lipinski definition) is 2. The molecule has 0 radical (unpaired) electrons. The summed E-state index contributed by atoms with van der Waals surface area (Å²) in [5.74, 6) is -0.383. The lowest BCUT2D eigenvalue weighted by Crippen LogP contribution is -2.43. The molecular formula is C8H14N2O3. The summed E-state index contributed by atoms with van der Waals surface area (Å²) in [6, 6.07) is -0.524. The molecule has 74 valence electrons. The molecule has 2 N–H and O–H groups in total. The molecule has 13 heavy (non-hydrogen) atoms. The summed E-state index contributed by atoms with van der Waals surface area (Å²) in [5.41, 5.74) is -0.896. The fourth-order valence-electron chi connectivity index (χ4n) is 1.23. The van der Waals surface area contributed by atoms with Gasteiger partial charge in [0, 0.05) is 0 Å². The highest BCUT2D eigenvalue weighted by molar-refractivity contribution is 6.06. The number of nitrogens with one attached hydrogen (secondary N) is 1. The van der Waals surface area contributed by atoms with E-state index in [1.165, 1.54) is 0 Å². The minimum Gasteiger partial charge on any atom is -0.373 e. The van der Waals surface area contributed by atoms with E-state index >= 15 is 0 Å². The first kappa shape index (κ1) is 9.98. The van der Waals surface area contributed by atoms with Crippen LogP contribution in [-0.4, -0.2) is 33.7 Å². The number of urea groups is 1. The first-order valence-electron chi connectivity index (χ1n) is 4.24. The van der Waals surface area contributed by atoms with E-state index in [2.05, 4.69) is 5.32 Å². The molecule has 3 amide bonds. The van der Waals surface area contributed by atoms with Crippen LogP contribution in [0.1, 0.15) is 27.2 Å². The molecule has 1 rings (SSSR count). The Morgan fingerprint density at radius 1 is 1.54 bits per heavy atom. The average Bonchev–Trinajstić information content (AvgIpc) is 2.21. The van der Waals surface area contributed by atoms with Crippen LogP contribution in [0.25, 0.3) is 0 Å². The maximum atomic E-state index is 11.5. The monoisotopic (exact) mass is 186 g/mol. The third kappa shape index (κ3) is 1.51. The third-order valence-electron chi connectivity index (χ3n) is 2.05. The molecule has 0 aromatic rings. The Balaban J connectivity index is 2.89. The number of aliphatic hydroxyl groups is 1. The van der Waals surface area contributed by atoms with Gasteiger partial charge in [0.1, 0.15) is 11.8 Å². The first-order chi connectivity index (χ1) is 5.90. The summed E-state index contributed by atoms with van der Waals surface area (Å²) in [6.45, 7) is 4.92. The van der Waals surface area contributed by atoms with Gasteiger partial charge in [-0.15, -0.1) is 0 Å². The van der Waals surface area contributed by atoms with Crippen LogP contribution in [0.5, 0.6) is 0 Å². The predicted molar refractivity (Wildman–Crippen MR) is 45.8 cm³/mol. The molecule has 1 aliphatic rings. The van der Waals surface area contributed by atoms with E-state index in [1.807, 2.05) is 0 Å². The average molecular weight is 186 g/mol.